The van der Waals surface area contributed by atoms with Gasteiger partial charge in [-0.05, 0) is 38.1 Å². The topological polar surface area (TPSA) is 95.1 Å². The first-order valence-electron chi connectivity index (χ1n) is 11.3. The summed E-state index contributed by atoms with van der Waals surface area (Å²) in [7, 11) is 0. The van der Waals surface area contributed by atoms with Crippen LogP contribution in [0.1, 0.15) is 41.0 Å². The van der Waals surface area contributed by atoms with E-state index in [-0.39, 0.29) is 36.1 Å². The number of benzene rings is 2. The van der Waals surface area contributed by atoms with Gasteiger partial charge in [0.15, 0.2) is 12.6 Å². The molecule has 0 radical (unpaired) electrons. The summed E-state index contributed by atoms with van der Waals surface area (Å²) < 4.78 is 23.5. The molecule has 2 amide bonds. The van der Waals surface area contributed by atoms with E-state index in [0.717, 1.165) is 0 Å². The maximum atomic E-state index is 12.4. The van der Waals surface area contributed by atoms with Crippen LogP contribution in [0.5, 0.6) is 0 Å². The van der Waals surface area contributed by atoms with Crippen LogP contribution in [-0.4, -0.2) is 61.9 Å². The van der Waals surface area contributed by atoms with Crippen LogP contribution in [0.3, 0.4) is 0 Å². The summed E-state index contributed by atoms with van der Waals surface area (Å²) in [4.78, 5) is 24.8. The fourth-order valence-electron chi connectivity index (χ4n) is 3.84. The zero-order valence-electron chi connectivity index (χ0n) is 18.8. The summed E-state index contributed by atoms with van der Waals surface area (Å²) in [6, 6.07) is 17.6. The molecular formula is C25H30N2O6. The Balaban J connectivity index is 1.21. The Labute approximate surface area is 193 Å². The van der Waals surface area contributed by atoms with E-state index in [2.05, 4.69) is 10.6 Å². The number of nitrogens with one attached hydrogen (secondary N) is 2. The molecule has 2 aromatic carbocycles. The predicted octanol–water partition coefficient (Wildman–Crippen LogP) is 2.50. The van der Waals surface area contributed by atoms with Crippen molar-refractivity contribution >= 4 is 11.8 Å². The Morgan fingerprint density at radius 3 is 1.48 bits per heavy atom. The Morgan fingerprint density at radius 2 is 1.12 bits per heavy atom. The molecule has 2 saturated heterocycles. The van der Waals surface area contributed by atoms with E-state index in [1.807, 2.05) is 50.2 Å². The van der Waals surface area contributed by atoms with Crippen LogP contribution in [0.4, 0.5) is 0 Å². The number of carbonyl (C=O) groups is 2. The second-order valence-electron chi connectivity index (χ2n) is 8.34. The van der Waals surface area contributed by atoms with Gasteiger partial charge >= 0.3 is 0 Å². The minimum absolute atomic E-state index is 0.158. The third kappa shape index (κ3) is 6.17. The molecule has 2 fully saturated rings. The molecule has 0 aliphatic carbocycles. The van der Waals surface area contributed by atoms with E-state index in [1.165, 1.54) is 0 Å². The van der Waals surface area contributed by atoms with Crippen molar-refractivity contribution in [3.8, 4) is 0 Å². The van der Waals surface area contributed by atoms with Gasteiger partial charge < -0.3 is 29.6 Å². The molecule has 2 aliphatic heterocycles. The molecule has 176 valence electrons. The van der Waals surface area contributed by atoms with Crippen molar-refractivity contribution < 1.29 is 28.5 Å². The van der Waals surface area contributed by atoms with Gasteiger partial charge in [0.05, 0.1) is 37.5 Å². The van der Waals surface area contributed by atoms with E-state index in [9.17, 15) is 9.59 Å². The van der Waals surface area contributed by atoms with Crippen LogP contribution in [0, 0.1) is 0 Å². The zero-order valence-corrected chi connectivity index (χ0v) is 18.8. The quantitative estimate of drug-likeness (QED) is 0.697. The molecular weight excluding hydrogens is 424 g/mol. The van der Waals surface area contributed by atoms with Crippen LogP contribution in [0.15, 0.2) is 60.7 Å². The summed E-state index contributed by atoms with van der Waals surface area (Å²) in [5.74, 6) is -0.316. The van der Waals surface area contributed by atoms with Gasteiger partial charge in [0.25, 0.3) is 11.8 Å². The van der Waals surface area contributed by atoms with Gasteiger partial charge in [-0.2, -0.15) is 0 Å². The largest absolute Gasteiger partial charge is 0.350 e. The second kappa shape index (κ2) is 10.9. The minimum atomic E-state index is -0.502. The molecule has 2 N–H and O–H groups in total. The lowest BCUT2D eigenvalue weighted by Gasteiger charge is -2.39. The van der Waals surface area contributed by atoms with Crippen molar-refractivity contribution in [2.45, 2.75) is 57.1 Å². The number of rotatable bonds is 6. The average Bonchev–Trinajstić information content (AvgIpc) is 2.83. The first-order valence-corrected chi connectivity index (χ1v) is 11.3. The third-order valence-corrected chi connectivity index (χ3v) is 5.88. The maximum Gasteiger partial charge on any atom is 0.251 e. The molecule has 0 bridgehead atoms. The van der Waals surface area contributed by atoms with Gasteiger partial charge in [-0.15, -0.1) is 0 Å². The Bertz CT molecular complexity index is 850. The molecule has 8 nitrogen and oxygen atoms in total. The van der Waals surface area contributed by atoms with E-state index in [0.29, 0.717) is 30.8 Å². The highest BCUT2D eigenvalue weighted by Gasteiger charge is 2.36. The fraction of sp³-hybridized carbons (Fsp3) is 0.440. The molecule has 0 spiro atoms. The summed E-state index contributed by atoms with van der Waals surface area (Å²) >= 11 is 0. The van der Waals surface area contributed by atoms with Crippen LogP contribution in [0.2, 0.25) is 0 Å². The van der Waals surface area contributed by atoms with Crippen LogP contribution in [0.25, 0.3) is 0 Å². The first kappa shape index (κ1) is 23.4. The van der Waals surface area contributed by atoms with Crippen molar-refractivity contribution in [3.63, 3.8) is 0 Å². The molecule has 2 heterocycles. The smallest absolute Gasteiger partial charge is 0.251 e. The monoisotopic (exact) mass is 454 g/mol. The minimum Gasteiger partial charge on any atom is -0.350 e. The number of amides is 2. The van der Waals surface area contributed by atoms with Gasteiger partial charge in [-0.25, -0.2) is 0 Å². The molecule has 8 heteroatoms. The summed E-state index contributed by atoms with van der Waals surface area (Å²) in [6.07, 6.45) is -1.06. The van der Waals surface area contributed by atoms with Gasteiger partial charge in [0.2, 0.25) is 0 Å². The highest BCUT2D eigenvalue weighted by molar-refractivity contribution is 5.94. The molecule has 0 aromatic heterocycles. The molecule has 0 saturated carbocycles. The van der Waals surface area contributed by atoms with Crippen molar-refractivity contribution in [1.29, 1.82) is 0 Å². The number of ether oxygens (including phenoxy) is 4. The Morgan fingerprint density at radius 1 is 0.727 bits per heavy atom. The summed E-state index contributed by atoms with van der Waals surface area (Å²) in [5.41, 5.74) is 1.19. The lowest BCUT2D eigenvalue weighted by molar-refractivity contribution is -0.277. The SMILES string of the molecule is C[C@@H]1O[C@H](C[C@H]2OC[C@@H](NC(=O)c3ccccc3)[C@@H](C)O2)OC[C@@H]1NC(=O)c1ccccc1. The van der Waals surface area contributed by atoms with E-state index < -0.39 is 12.6 Å². The fourth-order valence-corrected chi connectivity index (χ4v) is 3.84. The Kier molecular flexibility index (Phi) is 7.72. The predicted molar refractivity (Wildman–Crippen MR) is 121 cm³/mol. The van der Waals surface area contributed by atoms with E-state index in [4.69, 9.17) is 18.9 Å². The standard InChI is InChI=1S/C25H30N2O6/c1-16-20(26-24(28)18-9-5-3-6-10-18)14-30-22(32-16)13-23-31-15-21(17(2)33-23)27-25(29)19-11-7-4-8-12-19/h3-12,16-17,20-23H,13-15H2,1-2H3,(H,26,28)(H,27,29)/t16-,17+,20-,21+,22+,23-. The van der Waals surface area contributed by atoms with E-state index >= 15 is 0 Å². The summed E-state index contributed by atoms with van der Waals surface area (Å²) in [5, 5.41) is 5.92. The third-order valence-electron chi connectivity index (χ3n) is 5.88. The van der Waals surface area contributed by atoms with Crippen LogP contribution in [-0.2, 0) is 18.9 Å². The number of hydrogen-bond donors (Lipinski definition) is 2. The highest BCUT2D eigenvalue weighted by atomic mass is 16.7. The van der Waals surface area contributed by atoms with E-state index in [1.54, 1.807) is 24.3 Å². The number of carbonyl (C=O) groups excluding carboxylic acids is 2. The van der Waals surface area contributed by atoms with Gasteiger partial charge in [0.1, 0.15) is 0 Å². The molecule has 4 rings (SSSR count). The van der Waals surface area contributed by atoms with Crippen LogP contribution < -0.4 is 10.6 Å². The van der Waals surface area contributed by atoms with Crippen molar-refractivity contribution in [1.82, 2.24) is 10.6 Å². The molecule has 2 aromatic rings. The average molecular weight is 455 g/mol. The highest BCUT2D eigenvalue weighted by Crippen LogP contribution is 2.23. The normalized spacial score (nSPS) is 29.8. The molecule has 6 atom stereocenters. The number of hydrogen-bond acceptors (Lipinski definition) is 6. The second-order valence-corrected chi connectivity index (χ2v) is 8.34. The Hall–Kier alpha value is -2.78. The lowest BCUT2D eigenvalue weighted by atomic mass is 10.1. The van der Waals surface area contributed by atoms with Gasteiger partial charge in [-0.3, -0.25) is 9.59 Å². The summed E-state index contributed by atoms with van der Waals surface area (Å²) in [6.45, 7) is 4.49. The van der Waals surface area contributed by atoms with Crippen LogP contribution >= 0.6 is 0 Å². The zero-order chi connectivity index (χ0) is 23.2. The molecule has 33 heavy (non-hydrogen) atoms. The van der Waals surface area contributed by atoms with Gasteiger partial charge in [-0.1, -0.05) is 36.4 Å². The van der Waals surface area contributed by atoms with Crippen molar-refractivity contribution in [3.05, 3.63) is 71.8 Å². The van der Waals surface area contributed by atoms with Crippen molar-refractivity contribution in [2.75, 3.05) is 13.2 Å². The maximum absolute atomic E-state index is 12.4. The lowest BCUT2D eigenvalue weighted by Crippen LogP contribution is -2.54. The van der Waals surface area contributed by atoms with Crippen molar-refractivity contribution in [2.24, 2.45) is 0 Å². The van der Waals surface area contributed by atoms with Gasteiger partial charge in [0, 0.05) is 17.5 Å². The molecule has 0 unspecified atom stereocenters. The molecule has 2 aliphatic rings. The first-order chi connectivity index (χ1) is 16.0.